The topological polar surface area (TPSA) is 146 Å². The molecule has 3 aliphatic rings. The highest BCUT2D eigenvalue weighted by molar-refractivity contribution is 5.91. The summed E-state index contributed by atoms with van der Waals surface area (Å²) in [5.41, 5.74) is 0.787. The summed E-state index contributed by atoms with van der Waals surface area (Å²) >= 11 is 0. The Morgan fingerprint density at radius 3 is 2.73 bits per heavy atom. The van der Waals surface area contributed by atoms with E-state index in [0.717, 1.165) is 38.0 Å². The van der Waals surface area contributed by atoms with Crippen LogP contribution in [-0.4, -0.2) is 95.4 Å². The molecular weight excluding hydrogens is 482 g/mol. The van der Waals surface area contributed by atoms with Gasteiger partial charge in [-0.3, -0.25) is 19.6 Å². The lowest BCUT2D eigenvalue weighted by Crippen LogP contribution is -2.69. The summed E-state index contributed by atoms with van der Waals surface area (Å²) in [6.45, 7) is 1.39. The number of rotatable bonds is 8. The number of carbonyl (C=O) groups excluding carboxylic acids is 3. The number of aromatic nitrogens is 2. The molecule has 12 heteroatoms. The van der Waals surface area contributed by atoms with Gasteiger partial charge in [0.2, 0.25) is 0 Å². The average molecular weight is 514 g/mol. The summed E-state index contributed by atoms with van der Waals surface area (Å²) in [5.74, 6) is 0.0139. The second-order valence-corrected chi connectivity index (χ2v) is 9.91. The van der Waals surface area contributed by atoms with Crippen molar-refractivity contribution in [2.75, 3.05) is 39.2 Å². The molecule has 12 nitrogen and oxygen atoms in total. The van der Waals surface area contributed by atoms with Crippen molar-refractivity contribution >= 4 is 24.1 Å². The van der Waals surface area contributed by atoms with Gasteiger partial charge in [0, 0.05) is 42.9 Å². The third kappa shape index (κ3) is 5.19. The first-order valence-electron chi connectivity index (χ1n) is 12.4. The number of piperazine rings is 1. The Morgan fingerprint density at radius 2 is 2.00 bits per heavy atom. The largest absolute Gasteiger partial charge is 0.507 e. The quantitative estimate of drug-likeness (QED) is 0.452. The van der Waals surface area contributed by atoms with E-state index >= 15 is 0 Å². The Kier molecular flexibility index (Phi) is 6.92. The molecule has 2 aliphatic heterocycles. The van der Waals surface area contributed by atoms with Gasteiger partial charge >= 0.3 is 6.09 Å². The zero-order valence-corrected chi connectivity index (χ0v) is 20.8. The van der Waals surface area contributed by atoms with Crippen LogP contribution in [0.3, 0.4) is 0 Å². The molecule has 3 heterocycles. The van der Waals surface area contributed by atoms with E-state index in [1.54, 1.807) is 6.07 Å². The van der Waals surface area contributed by atoms with Crippen LogP contribution in [0.25, 0.3) is 0 Å². The Morgan fingerprint density at radius 1 is 1.22 bits per heavy atom. The zero-order chi connectivity index (χ0) is 26.1. The third-order valence-corrected chi connectivity index (χ3v) is 7.35. The Labute approximate surface area is 213 Å². The number of H-pyrrole nitrogens is 1. The first kappa shape index (κ1) is 24.9. The molecule has 37 heavy (non-hydrogen) atoms. The van der Waals surface area contributed by atoms with Crippen LogP contribution in [0.15, 0.2) is 18.2 Å². The van der Waals surface area contributed by atoms with Gasteiger partial charge in [0.25, 0.3) is 5.91 Å². The zero-order valence-electron chi connectivity index (χ0n) is 20.8. The maximum Gasteiger partial charge on any atom is 0.410 e. The molecule has 1 aromatic heterocycles. The van der Waals surface area contributed by atoms with Crippen LogP contribution in [0.1, 0.15) is 47.7 Å². The number of phenolic OH excluding ortho intramolecular Hbond substituents is 1. The molecule has 198 valence electrons. The first-order valence-corrected chi connectivity index (χ1v) is 12.4. The maximum absolute atomic E-state index is 12.7. The number of nitrogens with one attached hydrogen (secondary N) is 2. The molecule has 2 amide bonds. The van der Waals surface area contributed by atoms with Crippen molar-refractivity contribution in [2.45, 2.75) is 49.8 Å². The first-order chi connectivity index (χ1) is 17.8. The highest BCUT2D eigenvalue weighted by Crippen LogP contribution is 2.38. The molecule has 1 saturated carbocycles. The number of nitrogens with zero attached hydrogens (tertiary/aromatic N) is 3. The van der Waals surface area contributed by atoms with Gasteiger partial charge in [-0.1, -0.05) is 0 Å². The van der Waals surface area contributed by atoms with Gasteiger partial charge in [0.15, 0.2) is 18.7 Å². The summed E-state index contributed by atoms with van der Waals surface area (Å²) in [6.07, 6.45) is 3.47. The average Bonchev–Trinajstić information content (AvgIpc) is 3.51. The van der Waals surface area contributed by atoms with Crippen LogP contribution >= 0.6 is 0 Å². The van der Waals surface area contributed by atoms with Gasteiger partial charge in [0.1, 0.15) is 23.4 Å². The number of carbonyl (C=O) groups is 3. The molecule has 1 aliphatic carbocycles. The van der Waals surface area contributed by atoms with E-state index in [4.69, 9.17) is 14.2 Å². The fourth-order valence-corrected chi connectivity index (χ4v) is 5.53. The van der Waals surface area contributed by atoms with E-state index < -0.39 is 12.5 Å². The summed E-state index contributed by atoms with van der Waals surface area (Å²) in [7, 11) is 3.49. The number of amides is 2. The van der Waals surface area contributed by atoms with Gasteiger partial charge in [-0.2, -0.15) is 5.10 Å². The van der Waals surface area contributed by atoms with Crippen molar-refractivity contribution in [3.63, 3.8) is 0 Å². The molecule has 3 fully saturated rings. The number of phenols is 1. The Hall–Kier alpha value is -3.80. The molecule has 0 radical (unpaired) electrons. The van der Waals surface area contributed by atoms with Crippen LogP contribution in [0.4, 0.5) is 10.6 Å². The maximum atomic E-state index is 12.7. The number of piperidine rings is 1. The lowest BCUT2D eigenvalue weighted by atomic mass is 9.88. The van der Waals surface area contributed by atoms with E-state index in [1.165, 1.54) is 19.2 Å². The van der Waals surface area contributed by atoms with Crippen LogP contribution in [-0.2, 0) is 9.53 Å². The summed E-state index contributed by atoms with van der Waals surface area (Å²) < 4.78 is 16.3. The van der Waals surface area contributed by atoms with E-state index in [0.29, 0.717) is 18.5 Å². The number of benzene rings is 1. The Bertz CT molecular complexity index is 1170. The van der Waals surface area contributed by atoms with Gasteiger partial charge in [0.05, 0.1) is 24.8 Å². The van der Waals surface area contributed by atoms with Gasteiger partial charge < -0.3 is 29.5 Å². The molecule has 4 atom stereocenters. The Balaban J connectivity index is 1.10. The molecular formula is C25H31N5O7. The third-order valence-electron chi connectivity index (χ3n) is 7.35. The number of aromatic hydroxyl groups is 1. The van der Waals surface area contributed by atoms with Crippen LogP contribution in [0.5, 0.6) is 17.2 Å². The van der Waals surface area contributed by atoms with E-state index in [1.807, 2.05) is 4.90 Å². The number of fused-ring (bicyclic) bond motifs is 2. The monoisotopic (exact) mass is 513 g/mol. The highest BCUT2D eigenvalue weighted by Gasteiger charge is 2.47. The second-order valence-electron chi connectivity index (χ2n) is 9.91. The van der Waals surface area contributed by atoms with Crippen molar-refractivity contribution < 1.29 is 33.7 Å². The lowest BCUT2D eigenvalue weighted by molar-refractivity contribution is -0.118. The molecule has 1 aromatic carbocycles. The van der Waals surface area contributed by atoms with Crippen LogP contribution < -0.4 is 14.8 Å². The molecule has 3 N–H and O–H groups in total. The standard InChI is InChI=1S/C25H31N5O7/c1-29-10-15-6-16(11-29)30(15)25(34)37-17-4-3-14(5-17)20-9-23(28-27-20)26-24(33)13-36-22-8-18(35-2)7-21(32)19(22)12-31/h7-9,12,14-17,32H,3-6,10-11,13H2,1-2H3,(H2,26,27,28,33)/t14-,15?,16?,17+/m0/s1. The number of aromatic amines is 1. The van der Waals surface area contributed by atoms with E-state index in [-0.39, 0.29) is 53.0 Å². The SMILES string of the molecule is COc1cc(O)c(C=O)c(OCC(=O)Nc2cc([C@H]3CC[C@@H](OC(=O)N4C5CC4CN(C)C5)C3)[nH]n2)c1. The fourth-order valence-electron chi connectivity index (χ4n) is 5.53. The fraction of sp³-hybridized carbons (Fsp3) is 0.520. The number of methoxy groups -OCH3 is 1. The van der Waals surface area contributed by atoms with E-state index in [9.17, 15) is 19.5 Å². The van der Waals surface area contributed by atoms with Crippen LogP contribution in [0.2, 0.25) is 0 Å². The predicted molar refractivity (Wildman–Crippen MR) is 131 cm³/mol. The number of likely N-dealkylation sites (N-methyl/N-ethyl adjacent to an activating group) is 1. The molecule has 2 unspecified atom stereocenters. The molecule has 5 rings (SSSR count). The number of hydrogen-bond donors (Lipinski definition) is 3. The lowest BCUT2D eigenvalue weighted by Gasteiger charge is -2.54. The normalized spacial score (nSPS) is 24.8. The summed E-state index contributed by atoms with van der Waals surface area (Å²) in [5, 5.41) is 19.7. The van der Waals surface area contributed by atoms with Crippen molar-refractivity contribution in [3.8, 4) is 17.2 Å². The molecule has 2 aromatic rings. The van der Waals surface area contributed by atoms with Crippen LogP contribution in [0, 0.1) is 0 Å². The van der Waals surface area contributed by atoms with Crippen molar-refractivity contribution in [2.24, 2.45) is 0 Å². The molecule has 2 saturated heterocycles. The van der Waals surface area contributed by atoms with Gasteiger partial charge in [-0.25, -0.2) is 4.79 Å². The van der Waals surface area contributed by atoms with E-state index in [2.05, 4.69) is 27.5 Å². The second kappa shape index (κ2) is 10.3. The minimum Gasteiger partial charge on any atom is -0.507 e. The molecule has 2 bridgehead atoms. The number of hydrogen-bond acceptors (Lipinski definition) is 9. The van der Waals surface area contributed by atoms with Crippen molar-refractivity contribution in [1.82, 2.24) is 20.0 Å². The van der Waals surface area contributed by atoms with Gasteiger partial charge in [-0.05, 0) is 32.7 Å². The van der Waals surface area contributed by atoms with Crippen molar-refractivity contribution in [3.05, 3.63) is 29.5 Å². The molecule has 0 spiro atoms. The minimum atomic E-state index is -0.485. The highest BCUT2D eigenvalue weighted by atomic mass is 16.6. The number of likely N-dealkylation sites (tertiary alicyclic amines) is 2. The number of aldehydes is 1. The van der Waals surface area contributed by atoms with Gasteiger partial charge in [-0.15, -0.1) is 0 Å². The number of anilines is 1. The summed E-state index contributed by atoms with van der Waals surface area (Å²) in [6, 6.07) is 4.98. The predicted octanol–water partition coefficient (Wildman–Crippen LogP) is 2.11. The summed E-state index contributed by atoms with van der Waals surface area (Å²) in [4.78, 5) is 40.5. The van der Waals surface area contributed by atoms with Crippen molar-refractivity contribution in [1.29, 1.82) is 0 Å². The number of ether oxygens (including phenoxy) is 3. The smallest absolute Gasteiger partial charge is 0.410 e. The minimum absolute atomic E-state index is 0.0325.